The first-order valence-corrected chi connectivity index (χ1v) is 10.1. The standard InChI is InChI=1S/C23H30N4O5/c1-25(2)17-8-6-16(7-9-17)24-23(31)27(19-12-10-18(11-13-19)26(3)4)21(29)14-20(28)15-22(30)32-5/h6-13,20,28H,14-15H2,1-5H3,(H,24,31)/t20-/m1/s1. The molecule has 0 saturated heterocycles. The number of hydrogen-bond acceptors (Lipinski definition) is 7. The molecule has 172 valence electrons. The minimum Gasteiger partial charge on any atom is -0.469 e. The molecule has 0 heterocycles. The number of hydrogen-bond donors (Lipinski definition) is 2. The highest BCUT2D eigenvalue weighted by Gasteiger charge is 2.27. The third kappa shape index (κ3) is 6.71. The highest BCUT2D eigenvalue weighted by Crippen LogP contribution is 2.23. The molecule has 2 rings (SSSR count). The molecule has 0 fully saturated rings. The first-order chi connectivity index (χ1) is 15.1. The molecule has 9 heteroatoms. The lowest BCUT2D eigenvalue weighted by Crippen LogP contribution is -2.41. The number of aliphatic hydroxyl groups is 1. The van der Waals surface area contributed by atoms with E-state index in [0.717, 1.165) is 16.3 Å². The van der Waals surface area contributed by atoms with Crippen LogP contribution in [0.2, 0.25) is 0 Å². The molecule has 0 aromatic heterocycles. The van der Waals surface area contributed by atoms with Crippen molar-refractivity contribution < 1.29 is 24.2 Å². The number of imide groups is 1. The van der Waals surface area contributed by atoms with Crippen molar-refractivity contribution in [3.05, 3.63) is 48.5 Å². The fraction of sp³-hybridized carbons (Fsp3) is 0.348. The second-order valence-corrected chi connectivity index (χ2v) is 7.65. The van der Waals surface area contributed by atoms with Crippen LogP contribution in [0, 0.1) is 0 Å². The van der Waals surface area contributed by atoms with Crippen molar-refractivity contribution in [2.45, 2.75) is 18.9 Å². The molecular formula is C23H30N4O5. The van der Waals surface area contributed by atoms with E-state index in [1.54, 1.807) is 36.4 Å². The Kier molecular flexibility index (Phi) is 8.60. The van der Waals surface area contributed by atoms with Crippen LogP contribution in [0.1, 0.15) is 12.8 Å². The summed E-state index contributed by atoms with van der Waals surface area (Å²) in [6, 6.07) is 13.3. The normalized spacial score (nSPS) is 11.3. The van der Waals surface area contributed by atoms with E-state index in [4.69, 9.17) is 0 Å². The summed E-state index contributed by atoms with van der Waals surface area (Å²) in [5.74, 6) is -1.29. The van der Waals surface area contributed by atoms with E-state index in [-0.39, 0.29) is 6.42 Å². The number of carbonyl (C=O) groups excluding carboxylic acids is 3. The molecule has 0 saturated carbocycles. The van der Waals surface area contributed by atoms with Crippen LogP contribution >= 0.6 is 0 Å². The highest BCUT2D eigenvalue weighted by atomic mass is 16.5. The highest BCUT2D eigenvalue weighted by molar-refractivity contribution is 6.18. The van der Waals surface area contributed by atoms with Gasteiger partial charge in [0.2, 0.25) is 5.91 Å². The second-order valence-electron chi connectivity index (χ2n) is 7.65. The molecule has 0 aliphatic rings. The molecule has 0 radical (unpaired) electrons. The number of aliphatic hydroxyl groups excluding tert-OH is 1. The molecule has 3 amide bonds. The molecule has 2 N–H and O–H groups in total. The van der Waals surface area contributed by atoms with Crippen LogP contribution in [0.5, 0.6) is 0 Å². The number of carbonyl (C=O) groups is 3. The van der Waals surface area contributed by atoms with Crippen molar-refractivity contribution in [1.29, 1.82) is 0 Å². The molecule has 0 aliphatic heterocycles. The third-order valence-electron chi connectivity index (χ3n) is 4.75. The summed E-state index contributed by atoms with van der Waals surface area (Å²) in [6.07, 6.45) is -2.04. The van der Waals surface area contributed by atoms with Crippen molar-refractivity contribution in [1.82, 2.24) is 0 Å². The average molecular weight is 443 g/mol. The minimum absolute atomic E-state index is 0.341. The summed E-state index contributed by atoms with van der Waals surface area (Å²) >= 11 is 0. The van der Waals surface area contributed by atoms with Gasteiger partial charge in [-0.3, -0.25) is 9.59 Å². The van der Waals surface area contributed by atoms with E-state index in [1.807, 2.05) is 50.1 Å². The first-order valence-electron chi connectivity index (χ1n) is 10.1. The number of esters is 1. The number of amides is 3. The molecule has 2 aromatic carbocycles. The van der Waals surface area contributed by atoms with Gasteiger partial charge in [0.1, 0.15) is 0 Å². The van der Waals surface area contributed by atoms with Crippen LogP contribution in [0.3, 0.4) is 0 Å². The lowest BCUT2D eigenvalue weighted by Gasteiger charge is -2.23. The predicted molar refractivity (Wildman–Crippen MR) is 125 cm³/mol. The Morgan fingerprint density at radius 3 is 1.78 bits per heavy atom. The molecule has 1 atom stereocenters. The van der Waals surface area contributed by atoms with E-state index in [9.17, 15) is 19.5 Å². The van der Waals surface area contributed by atoms with Gasteiger partial charge in [0.15, 0.2) is 0 Å². The monoisotopic (exact) mass is 442 g/mol. The zero-order valence-corrected chi connectivity index (χ0v) is 19.0. The second kappa shape index (κ2) is 11.1. The molecule has 32 heavy (non-hydrogen) atoms. The van der Waals surface area contributed by atoms with E-state index in [0.29, 0.717) is 11.4 Å². The SMILES string of the molecule is COC(=O)C[C@H](O)CC(=O)N(C(=O)Nc1ccc(N(C)C)cc1)c1ccc(N(C)C)cc1. The summed E-state index contributed by atoms with van der Waals surface area (Å²) in [5.41, 5.74) is 2.71. The van der Waals surface area contributed by atoms with Gasteiger partial charge in [-0.25, -0.2) is 9.69 Å². The molecule has 2 aromatic rings. The Hall–Kier alpha value is -3.59. The van der Waals surface area contributed by atoms with Crippen molar-refractivity contribution in [3.8, 4) is 0 Å². The van der Waals surface area contributed by atoms with Gasteiger partial charge in [0.05, 0.1) is 31.7 Å². The molecule has 0 aliphatic carbocycles. The fourth-order valence-electron chi connectivity index (χ4n) is 2.94. The number of nitrogens with one attached hydrogen (secondary N) is 1. The van der Waals surface area contributed by atoms with Crippen LogP contribution in [0.15, 0.2) is 48.5 Å². The molecule has 0 bridgehead atoms. The Morgan fingerprint density at radius 1 is 0.844 bits per heavy atom. The van der Waals surface area contributed by atoms with Gasteiger partial charge >= 0.3 is 12.0 Å². The van der Waals surface area contributed by atoms with Gasteiger partial charge in [-0.15, -0.1) is 0 Å². The summed E-state index contributed by atoms with van der Waals surface area (Å²) in [4.78, 5) is 42.2. The Balaban J connectivity index is 2.26. The zero-order chi connectivity index (χ0) is 23.8. The number of ether oxygens (including phenoxy) is 1. The summed E-state index contributed by atoms with van der Waals surface area (Å²) in [6.45, 7) is 0. The van der Waals surface area contributed by atoms with Crippen LogP contribution < -0.4 is 20.0 Å². The maximum absolute atomic E-state index is 13.1. The first kappa shape index (κ1) is 24.7. The smallest absolute Gasteiger partial charge is 0.333 e. The van der Waals surface area contributed by atoms with E-state index >= 15 is 0 Å². The lowest BCUT2D eigenvalue weighted by atomic mass is 10.1. The zero-order valence-electron chi connectivity index (χ0n) is 19.0. The van der Waals surface area contributed by atoms with Crippen molar-refractivity contribution in [2.75, 3.05) is 55.3 Å². The number of anilines is 4. The minimum atomic E-state index is -1.27. The topological polar surface area (TPSA) is 102 Å². The van der Waals surface area contributed by atoms with E-state index in [1.165, 1.54) is 7.11 Å². The maximum Gasteiger partial charge on any atom is 0.333 e. The quantitative estimate of drug-likeness (QED) is 0.606. The van der Waals surface area contributed by atoms with Crippen molar-refractivity contribution in [3.63, 3.8) is 0 Å². The fourth-order valence-corrected chi connectivity index (χ4v) is 2.94. The predicted octanol–water partition coefficient (Wildman–Crippen LogP) is 2.70. The van der Waals surface area contributed by atoms with Gasteiger partial charge in [-0.05, 0) is 48.5 Å². The molecule has 0 spiro atoms. The molecule has 0 unspecified atom stereocenters. The largest absolute Gasteiger partial charge is 0.469 e. The van der Waals surface area contributed by atoms with Gasteiger partial charge < -0.3 is 25.0 Å². The Labute approximate surface area is 188 Å². The third-order valence-corrected chi connectivity index (χ3v) is 4.75. The molecular weight excluding hydrogens is 412 g/mol. The molecule has 9 nitrogen and oxygen atoms in total. The van der Waals surface area contributed by atoms with Gasteiger partial charge in [-0.1, -0.05) is 0 Å². The van der Waals surface area contributed by atoms with Crippen LogP contribution in [-0.2, 0) is 14.3 Å². The van der Waals surface area contributed by atoms with E-state index in [2.05, 4.69) is 10.1 Å². The van der Waals surface area contributed by atoms with Crippen LogP contribution in [0.4, 0.5) is 27.5 Å². The average Bonchev–Trinajstić information content (AvgIpc) is 2.74. The Morgan fingerprint density at radius 2 is 1.31 bits per heavy atom. The van der Waals surface area contributed by atoms with E-state index < -0.39 is 30.4 Å². The maximum atomic E-state index is 13.1. The number of nitrogens with zero attached hydrogens (tertiary/aromatic N) is 3. The van der Waals surface area contributed by atoms with Crippen LogP contribution in [-0.4, -0.2) is 64.4 Å². The number of urea groups is 1. The van der Waals surface area contributed by atoms with Gasteiger partial charge in [0.25, 0.3) is 0 Å². The lowest BCUT2D eigenvalue weighted by molar-refractivity contribution is -0.143. The van der Waals surface area contributed by atoms with Crippen LogP contribution in [0.25, 0.3) is 0 Å². The van der Waals surface area contributed by atoms with Gasteiger partial charge in [-0.2, -0.15) is 0 Å². The van der Waals surface area contributed by atoms with Crippen molar-refractivity contribution in [2.24, 2.45) is 0 Å². The summed E-state index contributed by atoms with van der Waals surface area (Å²) in [5, 5.41) is 12.8. The van der Waals surface area contributed by atoms with Gasteiger partial charge in [0, 0.05) is 45.3 Å². The number of benzene rings is 2. The number of methoxy groups -OCH3 is 1. The van der Waals surface area contributed by atoms with Crippen molar-refractivity contribution >= 4 is 40.7 Å². The number of rotatable bonds is 8. The summed E-state index contributed by atoms with van der Waals surface area (Å²) in [7, 11) is 8.77. The Bertz CT molecular complexity index is 926. The summed E-state index contributed by atoms with van der Waals surface area (Å²) < 4.78 is 4.52.